The largest absolute Gasteiger partial charge is 0.0999 e. The Morgan fingerprint density at radius 2 is 1.26 bits per heavy atom. The fraction of sp³-hybridized carbons (Fsp3) is 0.742. The van der Waals surface area contributed by atoms with E-state index in [9.17, 15) is 0 Å². The van der Waals surface area contributed by atoms with E-state index < -0.39 is 0 Å². The van der Waals surface area contributed by atoms with Gasteiger partial charge < -0.3 is 0 Å². The number of unbranched alkanes of at least 4 members (excludes halogenated alkanes) is 1. The SMILES string of the molecule is C=C(CC)CCC1CCC(CCCCC2CCC(c3ccc(CCC)cc3)CC2)CC1. The first-order valence-electron chi connectivity index (χ1n) is 13.9. The average Bonchev–Trinajstić information content (AvgIpc) is 2.82. The van der Waals surface area contributed by atoms with E-state index in [2.05, 4.69) is 44.7 Å². The molecule has 0 aromatic heterocycles. The Morgan fingerprint density at radius 3 is 1.77 bits per heavy atom. The van der Waals surface area contributed by atoms with Crippen molar-refractivity contribution in [2.24, 2.45) is 17.8 Å². The van der Waals surface area contributed by atoms with Crippen LogP contribution in [0.15, 0.2) is 36.4 Å². The molecule has 0 N–H and O–H groups in total. The summed E-state index contributed by atoms with van der Waals surface area (Å²) in [5, 5.41) is 0. The highest BCUT2D eigenvalue weighted by molar-refractivity contribution is 5.25. The van der Waals surface area contributed by atoms with Gasteiger partial charge in [0.2, 0.25) is 0 Å². The summed E-state index contributed by atoms with van der Waals surface area (Å²) in [5.41, 5.74) is 4.57. The van der Waals surface area contributed by atoms with E-state index in [4.69, 9.17) is 0 Å². The fourth-order valence-corrected chi connectivity index (χ4v) is 6.29. The summed E-state index contributed by atoms with van der Waals surface area (Å²) in [6.07, 6.45) is 24.1. The van der Waals surface area contributed by atoms with Gasteiger partial charge in [-0.2, -0.15) is 0 Å². The second-order valence-electron chi connectivity index (χ2n) is 11.0. The molecule has 0 aliphatic heterocycles. The van der Waals surface area contributed by atoms with Gasteiger partial charge in [-0.15, -0.1) is 0 Å². The molecular weight excluding hydrogens is 372 g/mol. The average molecular weight is 423 g/mol. The molecule has 0 radical (unpaired) electrons. The summed E-state index contributed by atoms with van der Waals surface area (Å²) >= 11 is 0. The lowest BCUT2D eigenvalue weighted by molar-refractivity contribution is 0.243. The van der Waals surface area contributed by atoms with E-state index in [0.717, 1.165) is 23.7 Å². The number of aryl methyl sites for hydroxylation is 1. The maximum Gasteiger partial charge on any atom is -0.0162 e. The topological polar surface area (TPSA) is 0 Å². The predicted molar refractivity (Wildman–Crippen MR) is 138 cm³/mol. The lowest BCUT2D eigenvalue weighted by atomic mass is 9.76. The van der Waals surface area contributed by atoms with Crippen molar-refractivity contribution in [1.82, 2.24) is 0 Å². The van der Waals surface area contributed by atoms with E-state index in [1.54, 1.807) is 5.56 Å². The number of hydrogen-bond donors (Lipinski definition) is 0. The van der Waals surface area contributed by atoms with Crippen LogP contribution < -0.4 is 0 Å². The van der Waals surface area contributed by atoms with Crippen LogP contribution in [0.2, 0.25) is 0 Å². The van der Waals surface area contributed by atoms with Crippen molar-refractivity contribution in [1.29, 1.82) is 0 Å². The molecule has 1 aromatic rings. The number of benzene rings is 1. The number of allylic oxidation sites excluding steroid dienone is 1. The van der Waals surface area contributed by atoms with Gasteiger partial charge in [0, 0.05) is 0 Å². The molecule has 2 saturated carbocycles. The van der Waals surface area contributed by atoms with Crippen LogP contribution in [0.1, 0.15) is 134 Å². The quantitative estimate of drug-likeness (QED) is 0.232. The molecule has 0 bridgehead atoms. The normalized spacial score (nSPS) is 26.6. The first-order valence-corrected chi connectivity index (χ1v) is 13.9. The highest BCUT2D eigenvalue weighted by Gasteiger charge is 2.23. The molecule has 0 atom stereocenters. The van der Waals surface area contributed by atoms with Gasteiger partial charge in [0.15, 0.2) is 0 Å². The molecule has 0 unspecified atom stereocenters. The maximum atomic E-state index is 4.19. The maximum absolute atomic E-state index is 4.19. The van der Waals surface area contributed by atoms with Crippen molar-refractivity contribution in [2.75, 3.05) is 0 Å². The highest BCUT2D eigenvalue weighted by atomic mass is 14.3. The molecule has 174 valence electrons. The van der Waals surface area contributed by atoms with Crippen molar-refractivity contribution in [3.8, 4) is 0 Å². The van der Waals surface area contributed by atoms with Gasteiger partial charge in [0.05, 0.1) is 0 Å². The smallest absolute Gasteiger partial charge is 0.0162 e. The Morgan fingerprint density at radius 1 is 0.742 bits per heavy atom. The fourth-order valence-electron chi connectivity index (χ4n) is 6.29. The lowest BCUT2D eigenvalue weighted by Crippen LogP contribution is -2.15. The van der Waals surface area contributed by atoms with Crippen LogP contribution in [0.4, 0.5) is 0 Å². The van der Waals surface area contributed by atoms with E-state index in [0.29, 0.717) is 0 Å². The summed E-state index contributed by atoms with van der Waals surface area (Å²) in [7, 11) is 0. The van der Waals surface area contributed by atoms with Crippen molar-refractivity contribution in [3.63, 3.8) is 0 Å². The van der Waals surface area contributed by atoms with Crippen LogP contribution in [0, 0.1) is 17.8 Å². The summed E-state index contributed by atoms with van der Waals surface area (Å²) in [6, 6.07) is 9.59. The third kappa shape index (κ3) is 8.43. The molecule has 31 heavy (non-hydrogen) atoms. The van der Waals surface area contributed by atoms with E-state index in [-0.39, 0.29) is 0 Å². The van der Waals surface area contributed by atoms with E-state index in [1.807, 2.05) is 0 Å². The molecule has 2 aliphatic rings. The molecule has 0 spiro atoms. The lowest BCUT2D eigenvalue weighted by Gasteiger charge is -2.30. The van der Waals surface area contributed by atoms with Gasteiger partial charge in [0.1, 0.15) is 0 Å². The summed E-state index contributed by atoms with van der Waals surface area (Å²) < 4.78 is 0. The zero-order valence-corrected chi connectivity index (χ0v) is 20.8. The Kier molecular flexibility index (Phi) is 10.7. The molecule has 1 aromatic carbocycles. The standard InChI is InChI=1S/C31H50/c1-4-8-26-17-21-30(22-18-26)31-23-19-28(20-24-31)10-7-6-9-27-13-15-29(16-14-27)12-11-25(3)5-2/h17-18,21-22,27-29,31H,3-16,19-20,23-24H2,1-2H3. The molecular formula is C31H50. The van der Waals surface area contributed by atoms with Crippen LogP contribution in [-0.2, 0) is 6.42 Å². The number of rotatable bonds is 12. The van der Waals surface area contributed by atoms with Crippen LogP contribution in [0.3, 0.4) is 0 Å². The van der Waals surface area contributed by atoms with E-state index in [1.165, 1.54) is 120 Å². The van der Waals surface area contributed by atoms with Crippen LogP contribution in [-0.4, -0.2) is 0 Å². The van der Waals surface area contributed by atoms with Gasteiger partial charge in [-0.1, -0.05) is 108 Å². The second kappa shape index (κ2) is 13.5. The Hall–Kier alpha value is -1.04. The van der Waals surface area contributed by atoms with E-state index >= 15 is 0 Å². The number of hydrogen-bond acceptors (Lipinski definition) is 0. The monoisotopic (exact) mass is 422 g/mol. The van der Waals surface area contributed by atoms with Crippen molar-refractivity contribution in [3.05, 3.63) is 47.5 Å². The molecule has 0 amide bonds. The molecule has 2 aliphatic carbocycles. The molecule has 2 fully saturated rings. The Balaban J connectivity index is 1.24. The Bertz CT molecular complexity index is 608. The summed E-state index contributed by atoms with van der Waals surface area (Å²) in [4.78, 5) is 0. The predicted octanol–water partition coefficient (Wildman–Crippen LogP) is 10.0. The Labute approximate surface area is 194 Å². The van der Waals surface area contributed by atoms with Crippen molar-refractivity contribution < 1.29 is 0 Å². The summed E-state index contributed by atoms with van der Waals surface area (Å²) in [5.74, 6) is 3.88. The molecule has 3 rings (SSSR count). The minimum atomic E-state index is 0.830. The van der Waals surface area contributed by atoms with Gasteiger partial charge in [-0.3, -0.25) is 0 Å². The minimum Gasteiger partial charge on any atom is -0.0999 e. The van der Waals surface area contributed by atoms with Crippen molar-refractivity contribution >= 4 is 0 Å². The second-order valence-corrected chi connectivity index (χ2v) is 11.0. The third-order valence-corrected chi connectivity index (χ3v) is 8.68. The molecule has 0 nitrogen and oxygen atoms in total. The van der Waals surface area contributed by atoms with Crippen LogP contribution in [0.5, 0.6) is 0 Å². The molecule has 0 heteroatoms. The van der Waals surface area contributed by atoms with Crippen LogP contribution in [0.25, 0.3) is 0 Å². The minimum absolute atomic E-state index is 0.830. The zero-order valence-electron chi connectivity index (χ0n) is 20.8. The molecule has 0 saturated heterocycles. The van der Waals surface area contributed by atoms with Gasteiger partial charge >= 0.3 is 0 Å². The first-order chi connectivity index (χ1) is 15.2. The summed E-state index contributed by atoms with van der Waals surface area (Å²) in [6.45, 7) is 8.71. The van der Waals surface area contributed by atoms with Gasteiger partial charge in [-0.25, -0.2) is 0 Å². The third-order valence-electron chi connectivity index (χ3n) is 8.68. The van der Waals surface area contributed by atoms with Crippen molar-refractivity contribution in [2.45, 2.75) is 129 Å². The first kappa shape index (κ1) is 24.6. The van der Waals surface area contributed by atoms with Crippen LogP contribution >= 0.6 is 0 Å². The zero-order chi connectivity index (χ0) is 21.9. The van der Waals surface area contributed by atoms with Gasteiger partial charge in [0.25, 0.3) is 0 Å². The highest BCUT2D eigenvalue weighted by Crippen LogP contribution is 2.39. The molecule has 0 heterocycles. The van der Waals surface area contributed by atoms with Gasteiger partial charge in [-0.05, 0) is 86.2 Å².